The van der Waals surface area contributed by atoms with Gasteiger partial charge in [0.25, 0.3) is 0 Å². The average Bonchev–Trinajstić information content (AvgIpc) is 2.84. The van der Waals surface area contributed by atoms with Crippen molar-refractivity contribution >= 4 is 11.8 Å². The van der Waals surface area contributed by atoms with Gasteiger partial charge >= 0.3 is 0 Å². The smallest absolute Gasteiger partial charge is 0.225 e. The van der Waals surface area contributed by atoms with E-state index in [1.165, 1.54) is 18.1 Å². The predicted molar refractivity (Wildman–Crippen MR) is 93.0 cm³/mol. The molecule has 0 aromatic heterocycles. The second-order valence-electron chi connectivity index (χ2n) is 6.89. The molecule has 6 nitrogen and oxygen atoms in total. The van der Waals surface area contributed by atoms with Gasteiger partial charge in [-0.3, -0.25) is 9.59 Å². The fourth-order valence-corrected chi connectivity index (χ4v) is 3.57. The number of ether oxygens (including phenoxy) is 2. The highest BCUT2D eigenvalue weighted by Crippen LogP contribution is 2.25. The summed E-state index contributed by atoms with van der Waals surface area (Å²) in [7, 11) is 1.59. The largest absolute Gasteiger partial charge is 0.377 e. The maximum absolute atomic E-state index is 12.9. The molecule has 1 atom stereocenters. The molecule has 6 heteroatoms. The number of methoxy groups -OCH3 is 1. The van der Waals surface area contributed by atoms with Crippen molar-refractivity contribution in [3.63, 3.8) is 0 Å². The molecule has 1 aromatic carbocycles. The van der Waals surface area contributed by atoms with Crippen LogP contribution in [0.25, 0.3) is 0 Å². The molecule has 1 aromatic rings. The Morgan fingerprint density at radius 1 is 1.20 bits per heavy atom. The normalized spacial score (nSPS) is 23.8. The van der Waals surface area contributed by atoms with Gasteiger partial charge in [-0.15, -0.1) is 0 Å². The van der Waals surface area contributed by atoms with E-state index in [1.54, 1.807) is 12.0 Å². The topological polar surface area (TPSA) is 59.1 Å². The van der Waals surface area contributed by atoms with Crippen molar-refractivity contribution in [3.8, 4) is 0 Å². The number of rotatable bonds is 3. The first-order chi connectivity index (χ1) is 12.0. The molecule has 3 rings (SSSR count). The highest BCUT2D eigenvalue weighted by Gasteiger charge is 2.39. The van der Waals surface area contributed by atoms with Gasteiger partial charge in [-0.2, -0.15) is 0 Å². The van der Waals surface area contributed by atoms with Crippen LogP contribution in [-0.4, -0.2) is 67.2 Å². The van der Waals surface area contributed by atoms with E-state index in [-0.39, 0.29) is 18.2 Å². The van der Waals surface area contributed by atoms with E-state index in [4.69, 9.17) is 9.47 Å². The Bertz CT molecular complexity index is 648. The van der Waals surface area contributed by atoms with Gasteiger partial charge < -0.3 is 19.3 Å². The molecule has 1 saturated heterocycles. The Balaban J connectivity index is 1.70. The maximum Gasteiger partial charge on any atom is 0.225 e. The van der Waals surface area contributed by atoms with Crippen LogP contribution in [0.3, 0.4) is 0 Å². The highest BCUT2D eigenvalue weighted by atomic mass is 16.5. The van der Waals surface area contributed by atoms with Crippen LogP contribution < -0.4 is 0 Å². The summed E-state index contributed by atoms with van der Waals surface area (Å²) < 4.78 is 11.3. The molecular weight excluding hydrogens is 320 g/mol. The standard InChI is InChI=1S/C19H26N2O4/c1-15(22)21-9-10-25-14-19(13-21,24-2)11-18(23)20-8-7-16-5-3-4-6-17(16)12-20/h3-6H,7-14H2,1-2H3/t19-/m1/s1. The molecule has 0 bridgehead atoms. The van der Waals surface area contributed by atoms with Crippen LogP contribution in [0.15, 0.2) is 24.3 Å². The molecule has 0 radical (unpaired) electrons. The Morgan fingerprint density at radius 2 is 1.96 bits per heavy atom. The molecular formula is C19H26N2O4. The number of hydrogen-bond donors (Lipinski definition) is 0. The summed E-state index contributed by atoms with van der Waals surface area (Å²) in [4.78, 5) is 28.3. The Hall–Kier alpha value is -1.92. The summed E-state index contributed by atoms with van der Waals surface area (Å²) in [6.07, 6.45) is 1.09. The van der Waals surface area contributed by atoms with Crippen molar-refractivity contribution in [3.05, 3.63) is 35.4 Å². The van der Waals surface area contributed by atoms with E-state index in [0.717, 1.165) is 6.42 Å². The number of fused-ring (bicyclic) bond motifs is 1. The molecule has 25 heavy (non-hydrogen) atoms. The lowest BCUT2D eigenvalue weighted by Crippen LogP contribution is -2.51. The lowest BCUT2D eigenvalue weighted by Gasteiger charge is -2.36. The van der Waals surface area contributed by atoms with E-state index in [9.17, 15) is 9.59 Å². The monoisotopic (exact) mass is 346 g/mol. The SMILES string of the molecule is CO[C@@]1(CC(=O)N2CCc3ccccc3C2)COCCN(C(C)=O)C1. The molecule has 2 amide bonds. The van der Waals surface area contributed by atoms with E-state index in [0.29, 0.717) is 39.4 Å². The van der Waals surface area contributed by atoms with Gasteiger partial charge in [0.2, 0.25) is 11.8 Å². The van der Waals surface area contributed by atoms with Crippen molar-refractivity contribution < 1.29 is 19.1 Å². The van der Waals surface area contributed by atoms with Gasteiger partial charge in [-0.1, -0.05) is 24.3 Å². The van der Waals surface area contributed by atoms with Crippen molar-refractivity contribution in [2.24, 2.45) is 0 Å². The van der Waals surface area contributed by atoms with Crippen LogP contribution in [0.4, 0.5) is 0 Å². The molecule has 0 aliphatic carbocycles. The number of nitrogens with zero attached hydrogens (tertiary/aromatic N) is 2. The quantitative estimate of drug-likeness (QED) is 0.826. The summed E-state index contributed by atoms with van der Waals surface area (Å²) in [5.41, 5.74) is 1.74. The van der Waals surface area contributed by atoms with E-state index < -0.39 is 5.60 Å². The number of hydrogen-bond acceptors (Lipinski definition) is 4. The zero-order valence-electron chi connectivity index (χ0n) is 15.0. The zero-order chi connectivity index (χ0) is 17.9. The summed E-state index contributed by atoms with van der Waals surface area (Å²) in [6, 6.07) is 8.24. The fraction of sp³-hybridized carbons (Fsp3) is 0.579. The van der Waals surface area contributed by atoms with Crippen LogP contribution >= 0.6 is 0 Å². The van der Waals surface area contributed by atoms with Crippen molar-refractivity contribution in [1.82, 2.24) is 9.80 Å². The van der Waals surface area contributed by atoms with Gasteiger partial charge in [-0.05, 0) is 17.5 Å². The Morgan fingerprint density at radius 3 is 2.68 bits per heavy atom. The summed E-state index contributed by atoms with van der Waals surface area (Å²) in [6.45, 7) is 4.59. The minimum atomic E-state index is -0.782. The fourth-order valence-electron chi connectivity index (χ4n) is 3.57. The third-order valence-corrected chi connectivity index (χ3v) is 5.18. The third kappa shape index (κ3) is 4.02. The van der Waals surface area contributed by atoms with Gasteiger partial charge in [0.05, 0.1) is 26.2 Å². The minimum Gasteiger partial charge on any atom is -0.377 e. The van der Waals surface area contributed by atoms with Crippen LogP contribution in [0.5, 0.6) is 0 Å². The minimum absolute atomic E-state index is 0.0220. The lowest BCUT2D eigenvalue weighted by molar-refractivity contribution is -0.146. The number of carbonyl (C=O) groups excluding carboxylic acids is 2. The van der Waals surface area contributed by atoms with Gasteiger partial charge in [0, 0.05) is 33.7 Å². The molecule has 2 aliphatic heterocycles. The summed E-state index contributed by atoms with van der Waals surface area (Å²) in [5, 5.41) is 0. The van der Waals surface area contributed by atoms with Crippen molar-refractivity contribution in [2.75, 3.05) is 40.0 Å². The second kappa shape index (κ2) is 7.54. The molecule has 1 fully saturated rings. The molecule has 0 spiro atoms. The van der Waals surface area contributed by atoms with E-state index in [2.05, 4.69) is 12.1 Å². The molecule has 2 heterocycles. The number of amides is 2. The Kier molecular flexibility index (Phi) is 5.39. The predicted octanol–water partition coefficient (Wildman–Crippen LogP) is 1.23. The van der Waals surface area contributed by atoms with E-state index in [1.807, 2.05) is 17.0 Å². The number of benzene rings is 1. The van der Waals surface area contributed by atoms with Crippen molar-refractivity contribution in [1.29, 1.82) is 0 Å². The highest BCUT2D eigenvalue weighted by molar-refractivity contribution is 5.78. The first kappa shape index (κ1) is 17.9. The van der Waals surface area contributed by atoms with Crippen molar-refractivity contribution in [2.45, 2.75) is 31.9 Å². The van der Waals surface area contributed by atoms with Crippen LogP contribution in [0, 0.1) is 0 Å². The molecule has 0 saturated carbocycles. The van der Waals surface area contributed by atoms with Crippen LogP contribution in [0.2, 0.25) is 0 Å². The molecule has 0 unspecified atom stereocenters. The van der Waals surface area contributed by atoms with Gasteiger partial charge in [-0.25, -0.2) is 0 Å². The van der Waals surface area contributed by atoms with Gasteiger partial charge in [0.1, 0.15) is 5.60 Å². The first-order valence-corrected chi connectivity index (χ1v) is 8.76. The van der Waals surface area contributed by atoms with E-state index >= 15 is 0 Å². The molecule has 2 aliphatic rings. The van der Waals surface area contributed by atoms with Crippen LogP contribution in [-0.2, 0) is 32.0 Å². The maximum atomic E-state index is 12.9. The summed E-state index contributed by atoms with van der Waals surface area (Å²) in [5.74, 6) is 0.0247. The second-order valence-corrected chi connectivity index (χ2v) is 6.89. The van der Waals surface area contributed by atoms with Gasteiger partial charge in [0.15, 0.2) is 0 Å². The van der Waals surface area contributed by atoms with Crippen LogP contribution in [0.1, 0.15) is 24.5 Å². The Labute approximate surface area is 148 Å². The zero-order valence-corrected chi connectivity index (χ0v) is 15.0. The molecule has 136 valence electrons. The number of carbonyl (C=O) groups is 2. The average molecular weight is 346 g/mol. The summed E-state index contributed by atoms with van der Waals surface area (Å²) >= 11 is 0. The third-order valence-electron chi connectivity index (χ3n) is 5.18. The first-order valence-electron chi connectivity index (χ1n) is 8.76. The molecule has 0 N–H and O–H groups in total. The lowest BCUT2D eigenvalue weighted by atomic mass is 9.96.